The third kappa shape index (κ3) is 9.23. The first-order valence-electron chi connectivity index (χ1n) is 30.5. The molecule has 0 N–H and O–H groups in total. The van der Waals surface area contributed by atoms with E-state index in [1.807, 2.05) is 0 Å². The lowest BCUT2D eigenvalue weighted by Gasteiger charge is -2.22. The van der Waals surface area contributed by atoms with Crippen molar-refractivity contribution in [2.75, 3.05) is 0 Å². The molecule has 0 aliphatic rings. The van der Waals surface area contributed by atoms with Crippen LogP contribution < -0.4 is 21.4 Å². The highest BCUT2D eigenvalue weighted by molar-refractivity contribution is 6.24. The smallest absolute Gasteiger partial charge is 0.0979 e. The standard InChI is InChI=1S/C78H78N4/c1-15-49-35-47(13)36-50(16-2)71(49)79-75-59-27-19-23-53-31-33-55-25-21-29-61(69(55)67(53)59)77(75)81-73-63(43(5)6)39-57(40-64(73)44(7)8)58-41-65(45(9)10)74(66(42-58)46(11)12)82-78-62-30-22-26-56-34-32-54-24-20-28-60(68(54)70(56)62)76(78)80-72-51(17-3)37-48(14)38-52(72)18-4/h19-46H,15-18H2,1-14H3. The van der Waals surface area contributed by atoms with E-state index in [0.717, 1.165) is 91.4 Å². The lowest BCUT2D eigenvalue weighted by atomic mass is 9.85. The fourth-order valence-corrected chi connectivity index (χ4v) is 13.5. The number of nitrogens with zero attached hydrogens (tertiary/aromatic N) is 4. The first-order valence-corrected chi connectivity index (χ1v) is 30.5. The van der Waals surface area contributed by atoms with Crippen molar-refractivity contribution in [3.8, 4) is 11.1 Å². The number of hydrogen-bond donors (Lipinski definition) is 0. The van der Waals surface area contributed by atoms with Gasteiger partial charge >= 0.3 is 0 Å². The second kappa shape index (κ2) is 21.7. The van der Waals surface area contributed by atoms with Crippen LogP contribution in [0, 0.1) is 13.8 Å². The Labute approximate surface area is 484 Å². The van der Waals surface area contributed by atoms with Crippen LogP contribution in [0.1, 0.15) is 162 Å². The summed E-state index contributed by atoms with van der Waals surface area (Å²) in [6, 6.07) is 55.1. The maximum atomic E-state index is 6.05. The summed E-state index contributed by atoms with van der Waals surface area (Å²) in [5.41, 5.74) is 19.2. The van der Waals surface area contributed by atoms with E-state index in [1.165, 1.54) is 110 Å². The molecule has 0 aliphatic heterocycles. The maximum Gasteiger partial charge on any atom is 0.0979 e. The zero-order valence-corrected chi connectivity index (χ0v) is 50.8. The van der Waals surface area contributed by atoms with Gasteiger partial charge in [0.1, 0.15) is 0 Å². The molecule has 82 heavy (non-hydrogen) atoms. The molecule has 12 rings (SSSR count). The molecule has 0 fully saturated rings. The zero-order chi connectivity index (χ0) is 57.4. The third-order valence-corrected chi connectivity index (χ3v) is 17.6. The molecule has 0 heterocycles. The monoisotopic (exact) mass is 1070 g/mol. The predicted molar refractivity (Wildman–Crippen MR) is 352 cm³/mol. The van der Waals surface area contributed by atoms with E-state index in [-0.39, 0.29) is 23.7 Å². The SMILES string of the molecule is CCc1cc(C)cc(CC)c1N=c1c(=Nc2c(C(C)C)cc(-c3cc(C(C)C)c(N=c4c(=Nc5c(CC)cc(C)cc5CC)c5cccc6ccc7cccc4c7c65)c(C(C)C)c3)cc2C(C)C)c2cccc3ccc4cccc1c4c32. The normalized spacial score (nSPS) is 13.4. The number of rotatable bonds is 13. The molecule has 0 atom stereocenters. The molecule has 0 saturated carbocycles. The molecular formula is C78H78N4. The van der Waals surface area contributed by atoms with E-state index in [9.17, 15) is 0 Å². The van der Waals surface area contributed by atoms with Crippen molar-refractivity contribution >= 4 is 87.4 Å². The number of benzene rings is 12. The van der Waals surface area contributed by atoms with Crippen LogP contribution in [0.15, 0.2) is 166 Å². The molecule has 0 spiro atoms. The lowest BCUT2D eigenvalue weighted by molar-refractivity contribution is 0.829. The summed E-state index contributed by atoms with van der Waals surface area (Å²) in [5, 5.41) is 18.2. The lowest BCUT2D eigenvalue weighted by Crippen LogP contribution is -2.28. The first kappa shape index (κ1) is 54.5. The van der Waals surface area contributed by atoms with E-state index in [0.29, 0.717) is 0 Å². The van der Waals surface area contributed by atoms with Gasteiger partial charge in [0.05, 0.1) is 44.2 Å². The molecule has 0 amide bonds. The van der Waals surface area contributed by atoms with Crippen molar-refractivity contribution in [3.05, 3.63) is 223 Å². The quantitative estimate of drug-likeness (QED) is 0.103. The van der Waals surface area contributed by atoms with E-state index in [4.69, 9.17) is 20.0 Å². The fourth-order valence-electron chi connectivity index (χ4n) is 13.5. The van der Waals surface area contributed by atoms with Crippen molar-refractivity contribution in [1.82, 2.24) is 0 Å². The highest BCUT2D eigenvalue weighted by atomic mass is 14.8. The number of aryl methyl sites for hydroxylation is 6. The largest absolute Gasteiger partial charge is 0.246 e. The summed E-state index contributed by atoms with van der Waals surface area (Å²) in [6.45, 7) is 32.1. The van der Waals surface area contributed by atoms with Gasteiger partial charge in [-0.25, -0.2) is 20.0 Å². The second-order valence-electron chi connectivity index (χ2n) is 24.5. The molecule has 0 aromatic heterocycles. The van der Waals surface area contributed by atoms with Crippen molar-refractivity contribution in [2.24, 2.45) is 20.0 Å². The highest BCUT2D eigenvalue weighted by Crippen LogP contribution is 2.44. The van der Waals surface area contributed by atoms with Crippen LogP contribution in [-0.2, 0) is 25.7 Å². The Hall–Kier alpha value is -8.08. The Kier molecular flexibility index (Phi) is 14.4. The molecule has 0 saturated heterocycles. The van der Waals surface area contributed by atoms with Crippen molar-refractivity contribution in [2.45, 2.75) is 146 Å². The van der Waals surface area contributed by atoms with Crippen LogP contribution in [0.3, 0.4) is 0 Å². The molecule has 0 radical (unpaired) electrons. The Morgan fingerprint density at radius 2 is 0.524 bits per heavy atom. The van der Waals surface area contributed by atoms with Crippen molar-refractivity contribution in [1.29, 1.82) is 0 Å². The van der Waals surface area contributed by atoms with Crippen LogP contribution in [0.2, 0.25) is 0 Å². The van der Waals surface area contributed by atoms with Crippen LogP contribution in [0.5, 0.6) is 0 Å². The van der Waals surface area contributed by atoms with Gasteiger partial charge in [-0.05, 0) is 186 Å². The molecule has 4 heteroatoms. The fraction of sp³-hybridized carbons (Fsp3) is 0.282. The minimum Gasteiger partial charge on any atom is -0.246 e. The molecule has 0 bridgehead atoms. The van der Waals surface area contributed by atoms with Gasteiger partial charge in [0.2, 0.25) is 0 Å². The van der Waals surface area contributed by atoms with Gasteiger partial charge in [-0.3, -0.25) is 0 Å². The van der Waals surface area contributed by atoms with E-state index >= 15 is 0 Å². The van der Waals surface area contributed by atoms with Crippen LogP contribution >= 0.6 is 0 Å². The zero-order valence-electron chi connectivity index (χ0n) is 50.8. The molecule has 12 aromatic carbocycles. The van der Waals surface area contributed by atoms with E-state index in [2.05, 4.69) is 243 Å². The highest BCUT2D eigenvalue weighted by Gasteiger charge is 2.24. The van der Waals surface area contributed by atoms with Gasteiger partial charge in [0.15, 0.2) is 0 Å². The van der Waals surface area contributed by atoms with Crippen molar-refractivity contribution in [3.63, 3.8) is 0 Å². The van der Waals surface area contributed by atoms with Crippen LogP contribution in [0.25, 0.3) is 75.8 Å². The van der Waals surface area contributed by atoms with E-state index < -0.39 is 0 Å². The maximum absolute atomic E-state index is 6.05. The topological polar surface area (TPSA) is 49.4 Å². The molecule has 4 nitrogen and oxygen atoms in total. The van der Waals surface area contributed by atoms with E-state index in [1.54, 1.807) is 0 Å². The molecule has 0 unspecified atom stereocenters. The minimum atomic E-state index is 0.177. The Morgan fingerprint density at radius 1 is 0.293 bits per heavy atom. The third-order valence-electron chi connectivity index (χ3n) is 17.6. The minimum absolute atomic E-state index is 0.177. The average molecular weight is 1070 g/mol. The summed E-state index contributed by atoms with van der Waals surface area (Å²) < 4.78 is 0. The number of hydrogen-bond acceptors (Lipinski definition) is 4. The summed E-state index contributed by atoms with van der Waals surface area (Å²) in [7, 11) is 0. The van der Waals surface area contributed by atoms with Crippen molar-refractivity contribution < 1.29 is 0 Å². The summed E-state index contributed by atoms with van der Waals surface area (Å²) >= 11 is 0. The Bertz CT molecular complexity index is 4350. The van der Waals surface area contributed by atoms with Gasteiger partial charge in [0, 0.05) is 21.5 Å². The Morgan fingerprint density at radius 3 is 0.744 bits per heavy atom. The Balaban J connectivity index is 1.15. The average Bonchev–Trinajstić information content (AvgIpc) is 2.74. The molecule has 410 valence electrons. The van der Waals surface area contributed by atoms with Gasteiger partial charge in [-0.15, -0.1) is 0 Å². The first-order chi connectivity index (χ1) is 39.6. The van der Waals surface area contributed by atoms with Gasteiger partial charge in [0.25, 0.3) is 0 Å². The van der Waals surface area contributed by atoms with Gasteiger partial charge in [-0.2, -0.15) is 0 Å². The summed E-state index contributed by atoms with van der Waals surface area (Å²) in [6.07, 6.45) is 3.60. The summed E-state index contributed by atoms with van der Waals surface area (Å²) in [4.78, 5) is 23.8. The second-order valence-corrected chi connectivity index (χ2v) is 24.5. The summed E-state index contributed by atoms with van der Waals surface area (Å²) in [5.74, 6) is 0.710. The van der Waals surface area contributed by atoms with Gasteiger partial charge < -0.3 is 0 Å². The van der Waals surface area contributed by atoms with Crippen LogP contribution in [0.4, 0.5) is 22.7 Å². The van der Waals surface area contributed by atoms with Crippen LogP contribution in [-0.4, -0.2) is 0 Å². The molecular weight excluding hydrogens is 993 g/mol. The molecule has 12 aromatic rings. The predicted octanol–water partition coefficient (Wildman–Crippen LogP) is 20.3. The molecule has 0 aliphatic carbocycles. The van der Waals surface area contributed by atoms with Gasteiger partial charge in [-0.1, -0.05) is 216 Å².